The Bertz CT molecular complexity index is 946. The molecule has 1 aliphatic heterocycles. The van der Waals surface area contributed by atoms with Crippen LogP contribution in [0.2, 0.25) is 0 Å². The van der Waals surface area contributed by atoms with Crippen LogP contribution < -0.4 is 10.2 Å². The first-order valence-corrected chi connectivity index (χ1v) is 10.3. The summed E-state index contributed by atoms with van der Waals surface area (Å²) >= 11 is 0. The van der Waals surface area contributed by atoms with Gasteiger partial charge in [0.2, 0.25) is 0 Å². The molecule has 29 heavy (non-hydrogen) atoms. The zero-order chi connectivity index (χ0) is 20.2. The molecule has 1 fully saturated rings. The van der Waals surface area contributed by atoms with E-state index in [1.807, 2.05) is 18.2 Å². The van der Waals surface area contributed by atoms with E-state index in [2.05, 4.69) is 78.5 Å². The molecule has 0 saturated carbocycles. The van der Waals surface area contributed by atoms with Gasteiger partial charge in [0.15, 0.2) is 5.82 Å². The molecule has 2 aromatic carbocycles. The van der Waals surface area contributed by atoms with Crippen molar-refractivity contribution in [1.29, 1.82) is 0 Å². The lowest BCUT2D eigenvalue weighted by Crippen LogP contribution is -2.44. The van der Waals surface area contributed by atoms with Gasteiger partial charge >= 0.3 is 0 Å². The molecule has 0 unspecified atom stereocenters. The minimum atomic E-state index is 0.436. The monoisotopic (exact) mass is 387 g/mol. The largest absolute Gasteiger partial charge is 0.354 e. The number of nitrogens with zero attached hydrogens (tertiary/aromatic N) is 4. The summed E-state index contributed by atoms with van der Waals surface area (Å²) in [5.74, 6) is 3.01. The molecule has 5 heteroatoms. The lowest BCUT2D eigenvalue weighted by molar-refractivity contribution is 0.312. The molecule has 3 aromatic rings. The lowest BCUT2D eigenvalue weighted by atomic mass is 10.0. The number of likely N-dealkylation sites (N-methyl/N-ethyl adjacent to an activating group) is 1. The molecular weight excluding hydrogens is 358 g/mol. The Morgan fingerprint density at radius 3 is 2.28 bits per heavy atom. The van der Waals surface area contributed by atoms with Gasteiger partial charge < -0.3 is 15.1 Å². The highest BCUT2D eigenvalue weighted by molar-refractivity contribution is 5.67. The molecule has 0 atom stereocenters. The van der Waals surface area contributed by atoms with Crippen LogP contribution in [0.25, 0.3) is 11.4 Å². The van der Waals surface area contributed by atoms with Crippen molar-refractivity contribution in [2.24, 2.45) is 0 Å². The second-order valence-electron chi connectivity index (χ2n) is 7.96. The molecule has 2 heterocycles. The molecule has 0 bridgehead atoms. The van der Waals surface area contributed by atoms with Crippen LogP contribution in [0.1, 0.15) is 25.3 Å². The van der Waals surface area contributed by atoms with E-state index < -0.39 is 0 Å². The summed E-state index contributed by atoms with van der Waals surface area (Å²) in [6.45, 7) is 8.47. The topological polar surface area (TPSA) is 44.3 Å². The van der Waals surface area contributed by atoms with Gasteiger partial charge in [-0.15, -0.1) is 0 Å². The molecule has 150 valence electrons. The van der Waals surface area contributed by atoms with Crippen molar-refractivity contribution in [2.45, 2.75) is 19.8 Å². The molecule has 0 spiro atoms. The number of benzene rings is 2. The van der Waals surface area contributed by atoms with Crippen molar-refractivity contribution in [1.82, 2.24) is 14.9 Å². The van der Waals surface area contributed by atoms with Crippen molar-refractivity contribution >= 4 is 17.3 Å². The number of hydrogen-bond donors (Lipinski definition) is 1. The summed E-state index contributed by atoms with van der Waals surface area (Å²) in [5.41, 5.74) is 3.42. The normalized spacial score (nSPS) is 15.0. The molecule has 5 nitrogen and oxygen atoms in total. The fourth-order valence-corrected chi connectivity index (χ4v) is 3.66. The van der Waals surface area contributed by atoms with Crippen molar-refractivity contribution in [3.63, 3.8) is 0 Å². The molecule has 0 radical (unpaired) electrons. The van der Waals surface area contributed by atoms with Gasteiger partial charge in [-0.2, -0.15) is 0 Å². The standard InChI is InChI=1S/C24H29N5/c1-18(2)20-11-7-8-12-21(20)25-22-17-23(29-15-13-28(3)14-16-29)27-24(26-22)19-9-5-4-6-10-19/h4-12,17-18H,13-16H2,1-3H3,(H,25,26,27). The maximum atomic E-state index is 4.91. The van der Waals surface area contributed by atoms with Crippen LogP contribution in [0, 0.1) is 0 Å². The smallest absolute Gasteiger partial charge is 0.163 e. The summed E-state index contributed by atoms with van der Waals surface area (Å²) in [4.78, 5) is 14.5. The average molecular weight is 388 g/mol. The predicted octanol–water partition coefficient (Wildman–Crippen LogP) is 4.76. The van der Waals surface area contributed by atoms with Gasteiger partial charge in [-0.05, 0) is 24.6 Å². The van der Waals surface area contributed by atoms with Crippen LogP contribution in [0.15, 0.2) is 60.7 Å². The Hall–Kier alpha value is -2.92. The van der Waals surface area contributed by atoms with Crippen molar-refractivity contribution in [3.8, 4) is 11.4 Å². The van der Waals surface area contributed by atoms with Crippen molar-refractivity contribution in [3.05, 3.63) is 66.2 Å². The summed E-state index contributed by atoms with van der Waals surface area (Å²) in [6, 6.07) is 20.7. The van der Waals surface area contributed by atoms with E-state index in [1.54, 1.807) is 0 Å². The first kappa shape index (κ1) is 19.4. The Morgan fingerprint density at radius 1 is 0.862 bits per heavy atom. The van der Waals surface area contributed by atoms with E-state index in [-0.39, 0.29) is 0 Å². The number of nitrogens with one attached hydrogen (secondary N) is 1. The maximum absolute atomic E-state index is 4.91. The number of anilines is 3. The fourth-order valence-electron chi connectivity index (χ4n) is 3.66. The van der Waals surface area contributed by atoms with Crippen LogP contribution in [0.4, 0.5) is 17.3 Å². The zero-order valence-electron chi connectivity index (χ0n) is 17.5. The number of aromatic nitrogens is 2. The number of para-hydroxylation sites is 1. The van der Waals surface area contributed by atoms with E-state index in [0.29, 0.717) is 5.92 Å². The van der Waals surface area contributed by atoms with E-state index in [0.717, 1.165) is 54.9 Å². The quantitative estimate of drug-likeness (QED) is 0.684. The average Bonchev–Trinajstić information content (AvgIpc) is 2.75. The summed E-state index contributed by atoms with van der Waals surface area (Å²) < 4.78 is 0. The minimum Gasteiger partial charge on any atom is -0.354 e. The fraction of sp³-hybridized carbons (Fsp3) is 0.333. The predicted molar refractivity (Wildman–Crippen MR) is 121 cm³/mol. The van der Waals surface area contributed by atoms with Crippen molar-refractivity contribution in [2.75, 3.05) is 43.4 Å². The molecule has 1 saturated heterocycles. The molecule has 4 rings (SSSR count). The summed E-state index contributed by atoms with van der Waals surface area (Å²) in [7, 11) is 2.17. The van der Waals surface area contributed by atoms with Gasteiger partial charge in [-0.3, -0.25) is 0 Å². The number of rotatable bonds is 5. The van der Waals surface area contributed by atoms with Gasteiger partial charge in [-0.25, -0.2) is 9.97 Å². The van der Waals surface area contributed by atoms with E-state index in [1.165, 1.54) is 5.56 Å². The summed E-state index contributed by atoms with van der Waals surface area (Å²) in [6.07, 6.45) is 0. The number of hydrogen-bond acceptors (Lipinski definition) is 5. The van der Waals surface area contributed by atoms with E-state index in [4.69, 9.17) is 9.97 Å². The highest BCUT2D eigenvalue weighted by atomic mass is 15.3. The maximum Gasteiger partial charge on any atom is 0.163 e. The molecular formula is C24H29N5. The van der Waals surface area contributed by atoms with Gasteiger partial charge in [0, 0.05) is 43.5 Å². The second kappa shape index (κ2) is 8.62. The van der Waals surface area contributed by atoms with Gasteiger partial charge in [0.05, 0.1) is 0 Å². The van der Waals surface area contributed by atoms with E-state index in [9.17, 15) is 0 Å². The zero-order valence-corrected chi connectivity index (χ0v) is 17.5. The second-order valence-corrected chi connectivity index (χ2v) is 7.96. The van der Waals surface area contributed by atoms with Crippen LogP contribution in [0.5, 0.6) is 0 Å². The molecule has 1 aromatic heterocycles. The Morgan fingerprint density at radius 2 is 1.55 bits per heavy atom. The third-order valence-electron chi connectivity index (χ3n) is 5.42. The van der Waals surface area contributed by atoms with Crippen LogP contribution in [-0.4, -0.2) is 48.1 Å². The Balaban J connectivity index is 1.72. The van der Waals surface area contributed by atoms with Gasteiger partial charge in [-0.1, -0.05) is 62.4 Å². The van der Waals surface area contributed by atoms with Crippen LogP contribution in [0.3, 0.4) is 0 Å². The summed E-state index contributed by atoms with van der Waals surface area (Å²) in [5, 5.41) is 3.56. The van der Waals surface area contributed by atoms with Gasteiger partial charge in [0.1, 0.15) is 11.6 Å². The Kier molecular flexibility index (Phi) is 5.76. The highest BCUT2D eigenvalue weighted by Crippen LogP contribution is 2.29. The highest BCUT2D eigenvalue weighted by Gasteiger charge is 2.18. The van der Waals surface area contributed by atoms with E-state index >= 15 is 0 Å². The first-order valence-electron chi connectivity index (χ1n) is 10.3. The van der Waals surface area contributed by atoms with Crippen LogP contribution in [-0.2, 0) is 0 Å². The molecule has 1 N–H and O–H groups in total. The third-order valence-corrected chi connectivity index (χ3v) is 5.42. The third kappa shape index (κ3) is 4.57. The molecule has 1 aliphatic rings. The van der Waals surface area contributed by atoms with Gasteiger partial charge in [0.25, 0.3) is 0 Å². The molecule has 0 amide bonds. The minimum absolute atomic E-state index is 0.436. The van der Waals surface area contributed by atoms with Crippen LogP contribution >= 0.6 is 0 Å². The first-order chi connectivity index (χ1) is 14.1. The van der Waals surface area contributed by atoms with Crippen molar-refractivity contribution < 1.29 is 0 Å². The Labute approximate surface area is 173 Å². The lowest BCUT2D eigenvalue weighted by Gasteiger charge is -2.33. The SMILES string of the molecule is CC(C)c1ccccc1Nc1cc(N2CCN(C)CC2)nc(-c2ccccc2)n1. The molecule has 0 aliphatic carbocycles. The number of piperazine rings is 1.